The van der Waals surface area contributed by atoms with Gasteiger partial charge in [0.15, 0.2) is 0 Å². The Bertz CT molecular complexity index is 1080. The lowest BCUT2D eigenvalue weighted by atomic mass is 10.1. The van der Waals surface area contributed by atoms with E-state index in [1.165, 1.54) is 12.1 Å². The lowest BCUT2D eigenvalue weighted by Gasteiger charge is -2.11. The quantitative estimate of drug-likeness (QED) is 0.723. The zero-order valence-corrected chi connectivity index (χ0v) is 15.3. The zero-order valence-electron chi connectivity index (χ0n) is 14.5. The Hall–Kier alpha value is -2.77. The predicted octanol–water partition coefficient (Wildman–Crippen LogP) is 3.09. The average molecular weight is 369 g/mol. The molecule has 0 spiro atoms. The van der Waals surface area contributed by atoms with Gasteiger partial charge in [-0.25, -0.2) is 13.1 Å². The van der Waals surface area contributed by atoms with Crippen LogP contribution in [0, 0.1) is 6.92 Å². The van der Waals surface area contributed by atoms with E-state index in [1.807, 2.05) is 25.1 Å². The summed E-state index contributed by atoms with van der Waals surface area (Å²) in [6.45, 7) is 3.93. The number of carbonyl (C=O) groups is 1. The Labute approximate surface area is 152 Å². The number of amides is 1. The van der Waals surface area contributed by atoms with Crippen molar-refractivity contribution in [3.63, 3.8) is 0 Å². The van der Waals surface area contributed by atoms with Crippen molar-refractivity contribution < 1.29 is 13.2 Å². The van der Waals surface area contributed by atoms with E-state index in [4.69, 9.17) is 0 Å². The number of fused-ring (bicyclic) bond motifs is 1. The maximum atomic E-state index is 12.6. The second kappa shape index (κ2) is 7.23. The van der Waals surface area contributed by atoms with Gasteiger partial charge in [0.2, 0.25) is 10.0 Å². The number of aryl methyl sites for hydroxylation is 1. The number of nitrogens with zero attached hydrogens (tertiary/aromatic N) is 1. The Morgan fingerprint density at radius 2 is 1.92 bits per heavy atom. The summed E-state index contributed by atoms with van der Waals surface area (Å²) in [5, 5.41) is 3.68. The zero-order chi connectivity index (χ0) is 18.7. The Morgan fingerprint density at radius 1 is 1.12 bits per heavy atom. The lowest BCUT2D eigenvalue weighted by molar-refractivity contribution is 0.102. The third-order valence-corrected chi connectivity index (χ3v) is 5.50. The third kappa shape index (κ3) is 3.58. The molecule has 1 amide bonds. The van der Waals surface area contributed by atoms with Gasteiger partial charge in [-0.3, -0.25) is 9.78 Å². The van der Waals surface area contributed by atoms with Crippen LogP contribution in [0.3, 0.4) is 0 Å². The fourth-order valence-corrected chi connectivity index (χ4v) is 3.78. The maximum absolute atomic E-state index is 12.6. The number of benzene rings is 2. The van der Waals surface area contributed by atoms with Gasteiger partial charge in [-0.15, -0.1) is 0 Å². The summed E-state index contributed by atoms with van der Waals surface area (Å²) in [7, 11) is -3.62. The standard InChI is InChI=1S/C19H19N3O3S/c1-3-21-26(24,25)15-7-4-6-14(12-15)19(23)22-17-10-9-13(2)18-16(17)8-5-11-20-18/h4-12,21H,3H2,1-2H3,(H,22,23). The minimum absolute atomic E-state index is 0.0578. The fraction of sp³-hybridized carbons (Fsp3) is 0.158. The first-order valence-corrected chi connectivity index (χ1v) is 9.66. The normalized spacial score (nSPS) is 11.5. The summed E-state index contributed by atoms with van der Waals surface area (Å²) in [6.07, 6.45) is 1.70. The number of nitrogens with one attached hydrogen (secondary N) is 2. The van der Waals surface area contributed by atoms with E-state index < -0.39 is 10.0 Å². The summed E-state index contributed by atoms with van der Waals surface area (Å²) in [6, 6.07) is 13.3. The van der Waals surface area contributed by atoms with Gasteiger partial charge in [-0.1, -0.05) is 19.1 Å². The van der Waals surface area contributed by atoms with Crippen LogP contribution in [0.5, 0.6) is 0 Å². The van der Waals surface area contributed by atoms with Crippen LogP contribution in [0.4, 0.5) is 5.69 Å². The van der Waals surface area contributed by atoms with Crippen LogP contribution in [-0.4, -0.2) is 25.9 Å². The highest BCUT2D eigenvalue weighted by Gasteiger charge is 2.16. The number of rotatable bonds is 5. The van der Waals surface area contributed by atoms with Crippen LogP contribution in [0.2, 0.25) is 0 Å². The first-order chi connectivity index (χ1) is 12.4. The smallest absolute Gasteiger partial charge is 0.255 e. The molecule has 0 bridgehead atoms. The van der Waals surface area contributed by atoms with Crippen LogP contribution in [0.25, 0.3) is 10.9 Å². The molecule has 0 aliphatic carbocycles. The van der Waals surface area contributed by atoms with E-state index >= 15 is 0 Å². The number of hydrogen-bond donors (Lipinski definition) is 2. The monoisotopic (exact) mass is 369 g/mol. The van der Waals surface area contributed by atoms with Gasteiger partial charge in [0.1, 0.15) is 0 Å². The minimum atomic E-state index is -3.62. The second-order valence-electron chi connectivity index (χ2n) is 5.81. The molecule has 26 heavy (non-hydrogen) atoms. The number of sulfonamides is 1. The van der Waals surface area contributed by atoms with Crippen LogP contribution in [-0.2, 0) is 10.0 Å². The van der Waals surface area contributed by atoms with Crippen molar-refractivity contribution >= 4 is 32.5 Å². The van der Waals surface area contributed by atoms with Crippen LogP contribution >= 0.6 is 0 Å². The highest BCUT2D eigenvalue weighted by atomic mass is 32.2. The van der Waals surface area contributed by atoms with Crippen molar-refractivity contribution in [1.82, 2.24) is 9.71 Å². The van der Waals surface area contributed by atoms with Crippen molar-refractivity contribution in [3.8, 4) is 0 Å². The molecule has 2 aromatic carbocycles. The molecule has 1 aromatic heterocycles. The Balaban J connectivity index is 1.94. The molecule has 0 atom stereocenters. The summed E-state index contributed by atoms with van der Waals surface area (Å²) in [5.41, 5.74) is 2.72. The molecule has 0 fully saturated rings. The fourth-order valence-electron chi connectivity index (χ4n) is 2.70. The topological polar surface area (TPSA) is 88.2 Å². The van der Waals surface area contributed by atoms with Crippen molar-refractivity contribution in [2.45, 2.75) is 18.7 Å². The number of carbonyl (C=O) groups excluding carboxylic acids is 1. The summed E-state index contributed by atoms with van der Waals surface area (Å²) >= 11 is 0. The lowest BCUT2D eigenvalue weighted by Crippen LogP contribution is -2.23. The number of anilines is 1. The molecule has 0 aliphatic rings. The highest BCUT2D eigenvalue weighted by molar-refractivity contribution is 7.89. The second-order valence-corrected chi connectivity index (χ2v) is 7.58. The van der Waals surface area contributed by atoms with Gasteiger partial charge in [-0.05, 0) is 48.9 Å². The van der Waals surface area contributed by atoms with Crippen molar-refractivity contribution in [2.75, 3.05) is 11.9 Å². The molecule has 6 nitrogen and oxygen atoms in total. The minimum Gasteiger partial charge on any atom is -0.321 e. The van der Waals surface area contributed by atoms with E-state index in [9.17, 15) is 13.2 Å². The summed E-state index contributed by atoms with van der Waals surface area (Å²) in [4.78, 5) is 17.0. The van der Waals surface area contributed by atoms with Crippen molar-refractivity contribution in [3.05, 3.63) is 65.9 Å². The molecule has 2 N–H and O–H groups in total. The molecule has 7 heteroatoms. The molecule has 3 rings (SSSR count). The number of hydrogen-bond acceptors (Lipinski definition) is 4. The molecule has 1 heterocycles. The van der Waals surface area contributed by atoms with E-state index in [0.717, 1.165) is 16.5 Å². The van der Waals surface area contributed by atoms with Crippen molar-refractivity contribution in [2.24, 2.45) is 0 Å². The highest BCUT2D eigenvalue weighted by Crippen LogP contribution is 2.25. The molecule has 134 valence electrons. The summed E-state index contributed by atoms with van der Waals surface area (Å²) < 4.78 is 26.7. The third-order valence-electron chi connectivity index (χ3n) is 3.96. The van der Waals surface area contributed by atoms with E-state index in [-0.39, 0.29) is 22.9 Å². The SMILES string of the molecule is CCNS(=O)(=O)c1cccc(C(=O)Nc2ccc(C)c3ncccc23)c1. The van der Waals surface area contributed by atoms with Crippen LogP contribution < -0.4 is 10.0 Å². The van der Waals surface area contributed by atoms with Gasteiger partial charge < -0.3 is 5.32 Å². The predicted molar refractivity (Wildman–Crippen MR) is 102 cm³/mol. The molecule has 3 aromatic rings. The van der Waals surface area contributed by atoms with Gasteiger partial charge >= 0.3 is 0 Å². The molecule has 0 saturated carbocycles. The van der Waals surface area contributed by atoms with E-state index in [1.54, 1.807) is 31.3 Å². The summed E-state index contributed by atoms with van der Waals surface area (Å²) in [5.74, 6) is -0.382. The van der Waals surface area contributed by atoms with Gasteiger partial charge in [-0.2, -0.15) is 0 Å². The average Bonchev–Trinajstić information content (AvgIpc) is 2.64. The van der Waals surface area contributed by atoms with Gasteiger partial charge in [0.05, 0.1) is 16.1 Å². The Kier molecular flexibility index (Phi) is 5.01. The maximum Gasteiger partial charge on any atom is 0.255 e. The van der Waals surface area contributed by atoms with Crippen LogP contribution in [0.15, 0.2) is 59.6 Å². The molecular weight excluding hydrogens is 350 g/mol. The Morgan fingerprint density at radius 3 is 2.69 bits per heavy atom. The van der Waals surface area contributed by atoms with Gasteiger partial charge in [0, 0.05) is 23.7 Å². The van der Waals surface area contributed by atoms with Gasteiger partial charge in [0.25, 0.3) is 5.91 Å². The van der Waals surface area contributed by atoms with Crippen LogP contribution in [0.1, 0.15) is 22.8 Å². The molecule has 0 unspecified atom stereocenters. The van der Waals surface area contributed by atoms with E-state index in [0.29, 0.717) is 5.69 Å². The number of aromatic nitrogens is 1. The molecule has 0 aliphatic heterocycles. The first kappa shape index (κ1) is 18.0. The van der Waals surface area contributed by atoms with E-state index in [2.05, 4.69) is 15.0 Å². The first-order valence-electron chi connectivity index (χ1n) is 8.18. The molecule has 0 saturated heterocycles. The molecular formula is C19H19N3O3S. The molecule has 0 radical (unpaired) electrons. The number of pyridine rings is 1. The largest absolute Gasteiger partial charge is 0.321 e. The van der Waals surface area contributed by atoms with Crippen molar-refractivity contribution in [1.29, 1.82) is 0 Å².